The van der Waals surface area contributed by atoms with E-state index in [4.69, 9.17) is 0 Å². The molecule has 102 valence electrons. The predicted molar refractivity (Wildman–Crippen MR) is 80.7 cm³/mol. The van der Waals surface area contributed by atoms with Crippen LogP contribution in [-0.2, 0) is 0 Å². The Balaban J connectivity index is 1.92. The van der Waals surface area contributed by atoms with Gasteiger partial charge in [-0.3, -0.25) is 0 Å². The highest BCUT2D eigenvalue weighted by molar-refractivity contribution is 5.06. The zero-order valence-electron chi connectivity index (χ0n) is 11.9. The molecule has 1 fully saturated rings. The van der Waals surface area contributed by atoms with E-state index in [1.165, 1.54) is 77.0 Å². The summed E-state index contributed by atoms with van der Waals surface area (Å²) in [5.41, 5.74) is 0. The normalized spacial score (nSPS) is 32.1. The van der Waals surface area contributed by atoms with E-state index in [1.54, 1.807) is 0 Å². The lowest BCUT2D eigenvalue weighted by atomic mass is 9.81. The molecule has 1 unspecified atom stereocenters. The fourth-order valence-corrected chi connectivity index (χ4v) is 3.61. The second-order valence-electron chi connectivity index (χ2n) is 6.22. The van der Waals surface area contributed by atoms with Crippen molar-refractivity contribution in [3.05, 3.63) is 24.3 Å². The predicted octanol–water partition coefficient (Wildman–Crippen LogP) is 6.04. The Bertz CT molecular complexity index is 251. The highest BCUT2D eigenvalue weighted by atomic mass is 14.2. The fourth-order valence-electron chi connectivity index (χ4n) is 3.61. The average Bonchev–Trinajstić information content (AvgIpc) is 2.61. The molecule has 0 saturated heterocycles. The first-order valence-electron chi connectivity index (χ1n) is 8.30. The molecule has 18 heavy (non-hydrogen) atoms. The van der Waals surface area contributed by atoms with E-state index in [-0.39, 0.29) is 0 Å². The lowest BCUT2D eigenvalue weighted by molar-refractivity contribution is 0.311. The van der Waals surface area contributed by atoms with Gasteiger partial charge in [0.15, 0.2) is 0 Å². The van der Waals surface area contributed by atoms with Gasteiger partial charge in [0.1, 0.15) is 0 Å². The summed E-state index contributed by atoms with van der Waals surface area (Å²) < 4.78 is 0. The quantitative estimate of drug-likeness (QED) is 0.529. The smallest absolute Gasteiger partial charge is 0.0202 e. The SMILES string of the molecule is C1=C\CCCCC(C2CCCCCCCC2)\C=C/1. The lowest BCUT2D eigenvalue weighted by Crippen LogP contribution is -2.13. The van der Waals surface area contributed by atoms with Crippen LogP contribution in [0.5, 0.6) is 0 Å². The summed E-state index contributed by atoms with van der Waals surface area (Å²) in [5, 5.41) is 0. The van der Waals surface area contributed by atoms with E-state index in [0.29, 0.717) is 0 Å². The van der Waals surface area contributed by atoms with Crippen LogP contribution in [0.4, 0.5) is 0 Å². The summed E-state index contributed by atoms with van der Waals surface area (Å²) in [7, 11) is 0. The Kier molecular flexibility index (Phi) is 6.61. The van der Waals surface area contributed by atoms with E-state index in [2.05, 4.69) is 24.3 Å². The molecular weight excluding hydrogens is 216 g/mol. The third-order valence-electron chi connectivity index (χ3n) is 4.77. The molecule has 1 saturated carbocycles. The molecule has 0 aromatic heterocycles. The van der Waals surface area contributed by atoms with Crippen molar-refractivity contribution in [2.24, 2.45) is 11.8 Å². The zero-order chi connectivity index (χ0) is 12.5. The standard InChI is InChI=1S/C18H30/c1-2-6-10-14-17(13-9-5-1)18-15-11-7-3-4-8-12-16-18/h1,5,9,13,17-18H,2-4,6-8,10-12,14-16H2/b5-1-,13-9-. The summed E-state index contributed by atoms with van der Waals surface area (Å²) >= 11 is 0. The summed E-state index contributed by atoms with van der Waals surface area (Å²) in [4.78, 5) is 0. The molecule has 0 bridgehead atoms. The van der Waals surface area contributed by atoms with Crippen molar-refractivity contribution in [3.63, 3.8) is 0 Å². The third kappa shape index (κ3) is 5.00. The van der Waals surface area contributed by atoms with Gasteiger partial charge >= 0.3 is 0 Å². The van der Waals surface area contributed by atoms with Gasteiger partial charge < -0.3 is 0 Å². The van der Waals surface area contributed by atoms with Gasteiger partial charge in [0.2, 0.25) is 0 Å². The first-order chi connectivity index (χ1) is 8.97. The number of hydrogen-bond donors (Lipinski definition) is 0. The van der Waals surface area contributed by atoms with Crippen molar-refractivity contribution < 1.29 is 0 Å². The maximum Gasteiger partial charge on any atom is -0.0202 e. The van der Waals surface area contributed by atoms with Crippen LogP contribution in [0.3, 0.4) is 0 Å². The fraction of sp³-hybridized carbons (Fsp3) is 0.778. The van der Waals surface area contributed by atoms with Gasteiger partial charge in [-0.05, 0) is 43.9 Å². The van der Waals surface area contributed by atoms with Crippen molar-refractivity contribution >= 4 is 0 Å². The molecule has 0 radical (unpaired) electrons. The van der Waals surface area contributed by atoms with Gasteiger partial charge in [-0.25, -0.2) is 0 Å². The molecule has 2 aliphatic rings. The summed E-state index contributed by atoms with van der Waals surface area (Å²) in [5.74, 6) is 1.84. The maximum absolute atomic E-state index is 2.52. The monoisotopic (exact) mass is 246 g/mol. The van der Waals surface area contributed by atoms with Crippen molar-refractivity contribution in [2.75, 3.05) is 0 Å². The summed E-state index contributed by atoms with van der Waals surface area (Å²) in [6, 6.07) is 0. The molecule has 0 aromatic carbocycles. The van der Waals surface area contributed by atoms with Crippen molar-refractivity contribution in [2.45, 2.75) is 77.0 Å². The molecule has 0 amide bonds. The van der Waals surface area contributed by atoms with Crippen LogP contribution in [0.15, 0.2) is 24.3 Å². The number of hydrogen-bond acceptors (Lipinski definition) is 0. The molecule has 0 heterocycles. The molecule has 2 aliphatic carbocycles. The first kappa shape index (κ1) is 13.9. The van der Waals surface area contributed by atoms with E-state index in [9.17, 15) is 0 Å². The minimum Gasteiger partial charge on any atom is -0.0845 e. The second kappa shape index (κ2) is 8.56. The summed E-state index contributed by atoms with van der Waals surface area (Å²) in [6.45, 7) is 0. The van der Waals surface area contributed by atoms with Gasteiger partial charge in [-0.15, -0.1) is 0 Å². The molecule has 0 nitrogen and oxygen atoms in total. The van der Waals surface area contributed by atoms with Crippen molar-refractivity contribution in [3.8, 4) is 0 Å². The largest absolute Gasteiger partial charge is 0.0845 e. The third-order valence-corrected chi connectivity index (χ3v) is 4.77. The van der Waals surface area contributed by atoms with Crippen molar-refractivity contribution in [1.82, 2.24) is 0 Å². The Hall–Kier alpha value is -0.520. The molecule has 2 rings (SSSR count). The molecule has 1 atom stereocenters. The Labute approximate surface area is 114 Å². The number of rotatable bonds is 1. The van der Waals surface area contributed by atoms with Gasteiger partial charge in [0, 0.05) is 0 Å². The molecule has 0 spiro atoms. The first-order valence-corrected chi connectivity index (χ1v) is 8.30. The molecule has 0 heteroatoms. The number of allylic oxidation sites excluding steroid dienone is 4. The second-order valence-corrected chi connectivity index (χ2v) is 6.22. The van der Waals surface area contributed by atoms with E-state index < -0.39 is 0 Å². The van der Waals surface area contributed by atoms with Gasteiger partial charge in [-0.1, -0.05) is 69.2 Å². The molecular formula is C18H30. The van der Waals surface area contributed by atoms with Crippen LogP contribution < -0.4 is 0 Å². The highest BCUT2D eigenvalue weighted by Crippen LogP contribution is 2.32. The zero-order valence-corrected chi connectivity index (χ0v) is 11.9. The summed E-state index contributed by atoms with van der Waals surface area (Å²) in [6.07, 6.45) is 26.8. The average molecular weight is 246 g/mol. The van der Waals surface area contributed by atoms with E-state index in [1.807, 2.05) is 0 Å². The topological polar surface area (TPSA) is 0 Å². The van der Waals surface area contributed by atoms with Crippen LogP contribution in [-0.4, -0.2) is 0 Å². The van der Waals surface area contributed by atoms with Gasteiger partial charge in [-0.2, -0.15) is 0 Å². The lowest BCUT2D eigenvalue weighted by Gasteiger charge is -2.24. The van der Waals surface area contributed by atoms with Crippen LogP contribution in [0.25, 0.3) is 0 Å². The maximum atomic E-state index is 2.52. The van der Waals surface area contributed by atoms with Gasteiger partial charge in [0.25, 0.3) is 0 Å². The van der Waals surface area contributed by atoms with Gasteiger partial charge in [0.05, 0.1) is 0 Å². The van der Waals surface area contributed by atoms with Crippen LogP contribution in [0.2, 0.25) is 0 Å². The molecule has 0 aliphatic heterocycles. The highest BCUT2D eigenvalue weighted by Gasteiger charge is 2.19. The Morgan fingerprint density at radius 3 is 2.06 bits per heavy atom. The van der Waals surface area contributed by atoms with Crippen molar-refractivity contribution in [1.29, 1.82) is 0 Å². The minimum atomic E-state index is 0.867. The molecule has 0 N–H and O–H groups in total. The molecule has 0 aromatic rings. The van der Waals surface area contributed by atoms with Crippen LogP contribution in [0.1, 0.15) is 77.0 Å². The van der Waals surface area contributed by atoms with Crippen LogP contribution in [0, 0.1) is 11.8 Å². The Morgan fingerprint density at radius 2 is 1.28 bits per heavy atom. The van der Waals surface area contributed by atoms with Crippen LogP contribution >= 0.6 is 0 Å². The Morgan fingerprint density at radius 1 is 0.611 bits per heavy atom. The van der Waals surface area contributed by atoms with E-state index >= 15 is 0 Å². The van der Waals surface area contributed by atoms with E-state index in [0.717, 1.165) is 11.8 Å². The minimum absolute atomic E-state index is 0.867.